The van der Waals surface area contributed by atoms with Gasteiger partial charge in [-0.2, -0.15) is 0 Å². The highest BCUT2D eigenvalue weighted by atomic mass is 32.2. The molecule has 0 aromatic carbocycles. The molecule has 1 saturated heterocycles. The Bertz CT molecular complexity index is 385. The molecule has 14 heavy (non-hydrogen) atoms. The first-order valence-electron chi connectivity index (χ1n) is 4.45. The number of nitrogens with zero attached hydrogens (tertiary/aromatic N) is 1. The van der Waals surface area contributed by atoms with Gasteiger partial charge in [0.1, 0.15) is 0 Å². The molecule has 1 aromatic heterocycles. The molecule has 6 heteroatoms. The summed E-state index contributed by atoms with van der Waals surface area (Å²) >= 11 is 0. The molecule has 78 valence electrons. The predicted molar refractivity (Wildman–Crippen MR) is 52.7 cm³/mol. The van der Waals surface area contributed by atoms with Crippen molar-refractivity contribution >= 4 is 15.9 Å². The van der Waals surface area contributed by atoms with E-state index < -0.39 is 10.0 Å². The van der Waals surface area contributed by atoms with Crippen LogP contribution in [0.5, 0.6) is 0 Å². The first-order chi connectivity index (χ1) is 6.70. The second-order valence-electron chi connectivity index (χ2n) is 3.09. The Labute approximate surface area is 82.8 Å². The molecule has 1 aliphatic heterocycles. The van der Waals surface area contributed by atoms with Crippen molar-refractivity contribution in [1.29, 1.82) is 0 Å². The van der Waals surface area contributed by atoms with Crippen LogP contribution in [0, 0.1) is 0 Å². The van der Waals surface area contributed by atoms with Gasteiger partial charge in [0.15, 0.2) is 0 Å². The molecule has 0 atom stereocenters. The second kappa shape index (κ2) is 3.62. The van der Waals surface area contributed by atoms with Crippen LogP contribution in [0.2, 0.25) is 0 Å². The van der Waals surface area contributed by atoms with E-state index in [9.17, 15) is 8.42 Å². The topological polar surface area (TPSA) is 62.6 Å². The van der Waals surface area contributed by atoms with Crippen LogP contribution in [-0.4, -0.2) is 33.8 Å². The zero-order valence-electron chi connectivity index (χ0n) is 7.64. The van der Waals surface area contributed by atoms with Gasteiger partial charge in [-0.05, 0) is 6.07 Å². The van der Waals surface area contributed by atoms with Gasteiger partial charge in [-0.25, -0.2) is 12.7 Å². The van der Waals surface area contributed by atoms with Crippen LogP contribution in [0.4, 0.5) is 5.88 Å². The van der Waals surface area contributed by atoms with Gasteiger partial charge in [0.2, 0.25) is 15.9 Å². The highest BCUT2D eigenvalue weighted by molar-refractivity contribution is 7.92. The molecule has 5 nitrogen and oxygen atoms in total. The molecule has 0 aliphatic carbocycles. The van der Waals surface area contributed by atoms with Crippen molar-refractivity contribution in [3.8, 4) is 0 Å². The minimum atomic E-state index is -3.21. The van der Waals surface area contributed by atoms with Crippen LogP contribution in [-0.2, 0) is 10.0 Å². The summed E-state index contributed by atoms with van der Waals surface area (Å²) in [5.74, 6) is 0.516. The van der Waals surface area contributed by atoms with Gasteiger partial charge < -0.3 is 9.73 Å². The minimum Gasteiger partial charge on any atom is -0.448 e. The Kier molecular flexibility index (Phi) is 2.47. The number of sulfonamides is 1. The van der Waals surface area contributed by atoms with Crippen molar-refractivity contribution in [2.45, 2.75) is 0 Å². The number of nitrogens with one attached hydrogen (secondary N) is 1. The highest BCUT2D eigenvalue weighted by Gasteiger charge is 2.25. The van der Waals surface area contributed by atoms with Crippen molar-refractivity contribution in [2.75, 3.05) is 29.7 Å². The molecular weight excluding hydrogens is 204 g/mol. The normalized spacial score (nSPS) is 21.9. The molecule has 0 unspecified atom stereocenters. The molecule has 0 bridgehead atoms. The van der Waals surface area contributed by atoms with E-state index in [4.69, 9.17) is 4.42 Å². The van der Waals surface area contributed by atoms with Gasteiger partial charge in [-0.3, -0.25) is 0 Å². The van der Waals surface area contributed by atoms with Gasteiger partial charge >= 0.3 is 0 Å². The maximum atomic E-state index is 11.7. The van der Waals surface area contributed by atoms with E-state index in [1.165, 1.54) is 10.6 Å². The third-order valence-corrected chi connectivity index (χ3v) is 3.87. The summed E-state index contributed by atoms with van der Waals surface area (Å²) in [5, 5.41) is 3.03. The lowest BCUT2D eigenvalue weighted by molar-refractivity contribution is 0.553. The molecule has 1 N–H and O–H groups in total. The molecule has 0 saturated carbocycles. The number of furan rings is 1. The number of hydrogen-bond acceptors (Lipinski definition) is 4. The number of rotatable bonds is 1. The highest BCUT2D eigenvalue weighted by Crippen LogP contribution is 2.18. The standard InChI is InChI=1S/C8H12N2O3S/c11-14(12)7-4-9-3-5-10(14)8-2-1-6-13-8/h1-2,6,9H,3-5,7H2. The van der Waals surface area contributed by atoms with Crippen molar-refractivity contribution < 1.29 is 12.8 Å². The molecule has 0 radical (unpaired) electrons. The maximum absolute atomic E-state index is 11.7. The zero-order chi connectivity index (χ0) is 10.0. The van der Waals surface area contributed by atoms with Crippen LogP contribution in [0.15, 0.2) is 22.8 Å². The largest absolute Gasteiger partial charge is 0.448 e. The molecule has 2 rings (SSSR count). The Balaban J connectivity index is 2.32. The molecule has 0 amide bonds. The average Bonchev–Trinajstić information content (AvgIpc) is 2.57. The smallest absolute Gasteiger partial charge is 0.238 e. The lowest BCUT2D eigenvalue weighted by Gasteiger charge is -2.17. The summed E-state index contributed by atoms with van der Waals surface area (Å²) in [6.07, 6.45) is 1.48. The van der Waals surface area contributed by atoms with Crippen LogP contribution in [0.3, 0.4) is 0 Å². The molecule has 0 spiro atoms. The van der Waals surface area contributed by atoms with E-state index in [-0.39, 0.29) is 5.75 Å². The molecule has 1 aromatic rings. The average molecular weight is 216 g/mol. The summed E-state index contributed by atoms with van der Waals surface area (Å²) in [6.45, 7) is 1.58. The fourth-order valence-corrected chi connectivity index (χ4v) is 2.79. The van der Waals surface area contributed by atoms with Crippen LogP contribution in [0.1, 0.15) is 0 Å². The molecule has 1 aliphatic rings. The van der Waals surface area contributed by atoms with E-state index in [0.717, 1.165) is 0 Å². The van der Waals surface area contributed by atoms with Crippen molar-refractivity contribution in [3.05, 3.63) is 18.4 Å². The third kappa shape index (κ3) is 1.76. The Morgan fingerprint density at radius 2 is 2.29 bits per heavy atom. The Morgan fingerprint density at radius 1 is 1.43 bits per heavy atom. The van der Waals surface area contributed by atoms with E-state index in [1.807, 2.05) is 0 Å². The lowest BCUT2D eigenvalue weighted by atomic mass is 10.5. The van der Waals surface area contributed by atoms with Crippen LogP contribution < -0.4 is 9.62 Å². The van der Waals surface area contributed by atoms with Gasteiger partial charge in [-0.15, -0.1) is 0 Å². The lowest BCUT2D eigenvalue weighted by Crippen LogP contribution is -2.33. The Morgan fingerprint density at radius 3 is 3.00 bits per heavy atom. The first kappa shape index (κ1) is 9.54. The Hall–Kier alpha value is -1.01. The summed E-state index contributed by atoms with van der Waals surface area (Å²) in [6, 6.07) is 3.34. The van der Waals surface area contributed by atoms with Gasteiger partial charge in [0, 0.05) is 25.7 Å². The second-order valence-corrected chi connectivity index (χ2v) is 5.10. The van der Waals surface area contributed by atoms with E-state index in [1.54, 1.807) is 12.1 Å². The van der Waals surface area contributed by atoms with E-state index >= 15 is 0 Å². The zero-order valence-corrected chi connectivity index (χ0v) is 8.46. The van der Waals surface area contributed by atoms with Crippen LogP contribution >= 0.6 is 0 Å². The van der Waals surface area contributed by atoms with Crippen molar-refractivity contribution in [2.24, 2.45) is 0 Å². The first-order valence-corrected chi connectivity index (χ1v) is 6.06. The SMILES string of the molecule is O=S1(=O)CCNCCN1c1ccco1. The maximum Gasteiger partial charge on any atom is 0.238 e. The summed E-state index contributed by atoms with van der Waals surface area (Å²) in [4.78, 5) is 0. The summed E-state index contributed by atoms with van der Waals surface area (Å²) < 4.78 is 29.8. The van der Waals surface area contributed by atoms with E-state index in [0.29, 0.717) is 25.5 Å². The molecular formula is C8H12N2O3S. The molecule has 1 fully saturated rings. The van der Waals surface area contributed by atoms with Crippen LogP contribution in [0.25, 0.3) is 0 Å². The quantitative estimate of drug-likeness (QED) is 0.719. The number of hydrogen-bond donors (Lipinski definition) is 1. The van der Waals surface area contributed by atoms with Gasteiger partial charge in [0.05, 0.1) is 12.0 Å². The summed E-state index contributed by atoms with van der Waals surface area (Å²) in [5.41, 5.74) is 0. The predicted octanol–water partition coefficient (Wildman–Crippen LogP) is 0.0190. The fraction of sp³-hybridized carbons (Fsp3) is 0.500. The fourth-order valence-electron chi connectivity index (χ4n) is 1.42. The van der Waals surface area contributed by atoms with Crippen molar-refractivity contribution in [1.82, 2.24) is 5.32 Å². The van der Waals surface area contributed by atoms with Gasteiger partial charge in [0.25, 0.3) is 0 Å². The van der Waals surface area contributed by atoms with Gasteiger partial charge in [-0.1, -0.05) is 0 Å². The van der Waals surface area contributed by atoms with Crippen molar-refractivity contribution in [3.63, 3.8) is 0 Å². The third-order valence-electron chi connectivity index (χ3n) is 2.12. The minimum absolute atomic E-state index is 0.119. The molecule has 2 heterocycles. The monoisotopic (exact) mass is 216 g/mol. The van der Waals surface area contributed by atoms with E-state index in [2.05, 4.69) is 5.32 Å². The summed E-state index contributed by atoms with van der Waals surface area (Å²) in [7, 11) is -3.21. The number of anilines is 1.